The zero-order valence-corrected chi connectivity index (χ0v) is 12.5. The summed E-state index contributed by atoms with van der Waals surface area (Å²) in [6, 6.07) is 10.0. The van der Waals surface area contributed by atoms with Gasteiger partial charge in [-0.15, -0.1) is 11.3 Å². The zero-order chi connectivity index (χ0) is 14.4. The number of hydrogen-bond donors (Lipinski definition) is 1. The first-order valence-corrected chi connectivity index (χ1v) is 7.29. The summed E-state index contributed by atoms with van der Waals surface area (Å²) in [5.41, 5.74) is 2.02. The minimum atomic E-state index is 0.00779. The van der Waals surface area contributed by atoms with E-state index in [9.17, 15) is 4.79 Å². The Bertz CT molecular complexity index is 567. The SMILES string of the molecule is COCCNC(=O)Cc1sc(-c2ccccc2)nc1C. The number of amides is 1. The Hall–Kier alpha value is -1.72. The first-order chi connectivity index (χ1) is 9.70. The topological polar surface area (TPSA) is 51.2 Å². The fraction of sp³-hybridized carbons (Fsp3) is 0.333. The number of benzene rings is 1. The van der Waals surface area contributed by atoms with Gasteiger partial charge in [-0.3, -0.25) is 4.79 Å². The molecule has 106 valence electrons. The van der Waals surface area contributed by atoms with Crippen molar-refractivity contribution >= 4 is 17.2 Å². The summed E-state index contributed by atoms with van der Waals surface area (Å²) in [4.78, 5) is 17.4. The highest BCUT2D eigenvalue weighted by molar-refractivity contribution is 7.15. The Morgan fingerprint density at radius 2 is 2.10 bits per heavy atom. The second-order valence-corrected chi connectivity index (χ2v) is 5.50. The normalized spacial score (nSPS) is 10.5. The molecule has 0 saturated carbocycles. The number of carbonyl (C=O) groups excluding carboxylic acids is 1. The highest BCUT2D eigenvalue weighted by Gasteiger charge is 2.12. The molecule has 5 heteroatoms. The molecule has 0 saturated heterocycles. The summed E-state index contributed by atoms with van der Waals surface area (Å²) in [5.74, 6) is 0.00779. The highest BCUT2D eigenvalue weighted by Crippen LogP contribution is 2.27. The van der Waals surface area contributed by atoms with Crippen LogP contribution in [-0.2, 0) is 16.0 Å². The molecule has 0 bridgehead atoms. The van der Waals surface area contributed by atoms with E-state index in [1.165, 1.54) is 0 Å². The molecule has 0 unspecified atom stereocenters. The fourth-order valence-electron chi connectivity index (χ4n) is 1.80. The van der Waals surface area contributed by atoms with Gasteiger partial charge >= 0.3 is 0 Å². The van der Waals surface area contributed by atoms with E-state index in [1.54, 1.807) is 18.4 Å². The van der Waals surface area contributed by atoms with E-state index < -0.39 is 0 Å². The minimum Gasteiger partial charge on any atom is -0.383 e. The largest absolute Gasteiger partial charge is 0.383 e. The van der Waals surface area contributed by atoms with Crippen molar-refractivity contribution in [3.05, 3.63) is 40.9 Å². The number of nitrogens with zero attached hydrogens (tertiary/aromatic N) is 1. The van der Waals surface area contributed by atoms with Crippen molar-refractivity contribution in [1.82, 2.24) is 10.3 Å². The summed E-state index contributed by atoms with van der Waals surface area (Å²) >= 11 is 1.58. The lowest BCUT2D eigenvalue weighted by molar-refractivity contribution is -0.120. The number of rotatable bonds is 6. The Balaban J connectivity index is 2.03. The maximum Gasteiger partial charge on any atom is 0.225 e. The molecule has 1 amide bonds. The van der Waals surface area contributed by atoms with Crippen LogP contribution in [0.3, 0.4) is 0 Å². The van der Waals surface area contributed by atoms with Crippen molar-refractivity contribution in [2.24, 2.45) is 0 Å². The number of carbonyl (C=O) groups is 1. The molecule has 0 aliphatic carbocycles. The van der Waals surface area contributed by atoms with Crippen molar-refractivity contribution in [2.45, 2.75) is 13.3 Å². The van der Waals surface area contributed by atoms with E-state index in [0.29, 0.717) is 19.6 Å². The van der Waals surface area contributed by atoms with Crippen LogP contribution in [0.15, 0.2) is 30.3 Å². The van der Waals surface area contributed by atoms with Crippen LogP contribution < -0.4 is 5.32 Å². The van der Waals surface area contributed by atoms with E-state index in [1.807, 2.05) is 37.3 Å². The van der Waals surface area contributed by atoms with Gasteiger partial charge in [-0.05, 0) is 6.92 Å². The van der Waals surface area contributed by atoms with Crippen molar-refractivity contribution in [2.75, 3.05) is 20.3 Å². The molecule has 2 rings (SSSR count). The van der Waals surface area contributed by atoms with Gasteiger partial charge in [0.1, 0.15) is 5.01 Å². The maximum atomic E-state index is 11.8. The third kappa shape index (κ3) is 3.88. The number of nitrogens with one attached hydrogen (secondary N) is 1. The molecule has 1 heterocycles. The Kier molecular flexibility index (Phi) is 5.26. The van der Waals surface area contributed by atoms with E-state index >= 15 is 0 Å². The average molecular weight is 290 g/mol. The third-order valence-electron chi connectivity index (χ3n) is 2.86. The molecule has 0 aliphatic heterocycles. The second kappa shape index (κ2) is 7.17. The summed E-state index contributed by atoms with van der Waals surface area (Å²) in [6.07, 6.45) is 0.375. The van der Waals surface area contributed by atoms with Gasteiger partial charge in [0.05, 0.1) is 18.7 Å². The molecule has 0 fully saturated rings. The first-order valence-electron chi connectivity index (χ1n) is 6.48. The standard InChI is InChI=1S/C15H18N2O2S/c1-11-13(10-14(18)16-8-9-19-2)20-15(17-11)12-6-4-3-5-7-12/h3-7H,8-10H2,1-2H3,(H,16,18). The molecule has 0 radical (unpaired) electrons. The average Bonchev–Trinajstić information content (AvgIpc) is 2.81. The summed E-state index contributed by atoms with van der Waals surface area (Å²) < 4.78 is 4.90. The van der Waals surface area contributed by atoms with Gasteiger partial charge in [-0.25, -0.2) is 4.98 Å². The van der Waals surface area contributed by atoms with Crippen LogP contribution in [-0.4, -0.2) is 31.2 Å². The number of ether oxygens (including phenoxy) is 1. The van der Waals surface area contributed by atoms with Crippen molar-refractivity contribution < 1.29 is 9.53 Å². The van der Waals surface area contributed by atoms with Crippen LogP contribution in [0.2, 0.25) is 0 Å². The number of hydrogen-bond acceptors (Lipinski definition) is 4. The number of aryl methyl sites for hydroxylation is 1. The summed E-state index contributed by atoms with van der Waals surface area (Å²) in [6.45, 7) is 3.02. The van der Waals surface area contributed by atoms with E-state index in [2.05, 4.69) is 10.3 Å². The number of methoxy groups -OCH3 is 1. The van der Waals surface area contributed by atoms with Crippen molar-refractivity contribution in [3.63, 3.8) is 0 Å². The highest BCUT2D eigenvalue weighted by atomic mass is 32.1. The Morgan fingerprint density at radius 1 is 1.35 bits per heavy atom. The van der Waals surface area contributed by atoms with Gasteiger partial charge in [0.2, 0.25) is 5.91 Å². The zero-order valence-electron chi connectivity index (χ0n) is 11.7. The third-order valence-corrected chi connectivity index (χ3v) is 4.07. The Labute approximate surface area is 122 Å². The second-order valence-electron chi connectivity index (χ2n) is 4.41. The Morgan fingerprint density at radius 3 is 2.80 bits per heavy atom. The quantitative estimate of drug-likeness (QED) is 0.831. The monoisotopic (exact) mass is 290 g/mol. The number of aromatic nitrogens is 1. The van der Waals surface area contributed by atoms with Crippen LogP contribution in [0.5, 0.6) is 0 Å². The molecular weight excluding hydrogens is 272 g/mol. The number of thiazole rings is 1. The maximum absolute atomic E-state index is 11.8. The van der Waals surface area contributed by atoms with Gasteiger partial charge in [-0.2, -0.15) is 0 Å². The predicted molar refractivity (Wildman–Crippen MR) is 80.9 cm³/mol. The van der Waals surface area contributed by atoms with Gasteiger partial charge in [0.15, 0.2) is 0 Å². The molecule has 2 aromatic rings. The van der Waals surface area contributed by atoms with E-state index in [0.717, 1.165) is 21.1 Å². The van der Waals surface area contributed by atoms with E-state index in [-0.39, 0.29) is 5.91 Å². The molecule has 0 spiro atoms. The lowest BCUT2D eigenvalue weighted by Gasteiger charge is -2.03. The fourth-order valence-corrected chi connectivity index (χ4v) is 2.86. The lowest BCUT2D eigenvalue weighted by atomic mass is 10.2. The van der Waals surface area contributed by atoms with Crippen LogP contribution in [0, 0.1) is 6.92 Å². The van der Waals surface area contributed by atoms with Gasteiger partial charge < -0.3 is 10.1 Å². The molecule has 0 aliphatic rings. The smallest absolute Gasteiger partial charge is 0.225 e. The molecule has 1 aromatic carbocycles. The van der Waals surface area contributed by atoms with Gasteiger partial charge in [0, 0.05) is 24.1 Å². The molecule has 1 N–H and O–H groups in total. The minimum absolute atomic E-state index is 0.00779. The van der Waals surface area contributed by atoms with Crippen LogP contribution in [0.25, 0.3) is 10.6 Å². The molecule has 0 atom stereocenters. The van der Waals surface area contributed by atoms with Crippen LogP contribution in [0.4, 0.5) is 0 Å². The summed E-state index contributed by atoms with van der Waals surface area (Å²) in [5, 5.41) is 3.78. The molecule has 20 heavy (non-hydrogen) atoms. The molecular formula is C15H18N2O2S. The van der Waals surface area contributed by atoms with E-state index in [4.69, 9.17) is 4.74 Å². The summed E-state index contributed by atoms with van der Waals surface area (Å²) in [7, 11) is 1.62. The van der Waals surface area contributed by atoms with Gasteiger partial charge in [0.25, 0.3) is 0 Å². The molecule has 1 aromatic heterocycles. The predicted octanol–water partition coefficient (Wildman–Crippen LogP) is 2.42. The van der Waals surface area contributed by atoms with Gasteiger partial charge in [-0.1, -0.05) is 30.3 Å². The first kappa shape index (κ1) is 14.7. The van der Waals surface area contributed by atoms with Crippen molar-refractivity contribution in [3.8, 4) is 10.6 Å². The van der Waals surface area contributed by atoms with Crippen LogP contribution >= 0.6 is 11.3 Å². The molecule has 4 nitrogen and oxygen atoms in total. The van der Waals surface area contributed by atoms with Crippen LogP contribution in [0.1, 0.15) is 10.6 Å². The lowest BCUT2D eigenvalue weighted by Crippen LogP contribution is -2.28. The van der Waals surface area contributed by atoms with Crippen molar-refractivity contribution in [1.29, 1.82) is 0 Å².